The van der Waals surface area contributed by atoms with E-state index in [1.165, 1.54) is 28.7 Å². The molecule has 0 saturated heterocycles. The van der Waals surface area contributed by atoms with E-state index >= 15 is 0 Å². The molecule has 0 aliphatic heterocycles. The molecule has 0 heterocycles. The van der Waals surface area contributed by atoms with Crippen LogP contribution in [0.1, 0.15) is 89.6 Å². The minimum atomic E-state index is 0.105. The number of carbonyl (C=O) groups is 1. The summed E-state index contributed by atoms with van der Waals surface area (Å²) in [6, 6.07) is 4.93. The number of fused-ring (bicyclic) bond motifs is 1. The number of rotatable bonds is 6. The quantitative estimate of drug-likeness (QED) is 0.696. The van der Waals surface area contributed by atoms with Crippen molar-refractivity contribution in [2.24, 2.45) is 0 Å². The van der Waals surface area contributed by atoms with Crippen LogP contribution in [0.2, 0.25) is 0 Å². The zero-order valence-electron chi connectivity index (χ0n) is 19.1. The number of hydrogen-bond acceptors (Lipinski definition) is 2. The minimum Gasteiger partial charge on any atom is -0.336 e. The van der Waals surface area contributed by atoms with Gasteiger partial charge in [0.05, 0.1) is 6.04 Å². The van der Waals surface area contributed by atoms with Crippen LogP contribution >= 0.6 is 0 Å². The highest BCUT2D eigenvalue weighted by Gasteiger charge is 2.35. The van der Waals surface area contributed by atoms with E-state index < -0.39 is 0 Å². The van der Waals surface area contributed by atoms with Gasteiger partial charge in [-0.2, -0.15) is 0 Å². The van der Waals surface area contributed by atoms with Crippen LogP contribution in [-0.4, -0.2) is 42.9 Å². The summed E-state index contributed by atoms with van der Waals surface area (Å²) in [5.74, 6) is 0.174. The lowest BCUT2D eigenvalue weighted by Gasteiger charge is -2.33. The van der Waals surface area contributed by atoms with Gasteiger partial charge in [0.15, 0.2) is 0 Å². The molecule has 1 aliphatic rings. The van der Waals surface area contributed by atoms with Gasteiger partial charge >= 0.3 is 0 Å². The third-order valence-electron chi connectivity index (χ3n) is 6.21. The fourth-order valence-electron chi connectivity index (χ4n) is 4.30. The Kier molecular flexibility index (Phi) is 6.46. The summed E-state index contributed by atoms with van der Waals surface area (Å²) in [7, 11) is 4.17. The van der Waals surface area contributed by atoms with Crippen molar-refractivity contribution >= 4 is 5.91 Å². The first-order chi connectivity index (χ1) is 12.3. The van der Waals surface area contributed by atoms with Crippen molar-refractivity contribution in [1.82, 2.24) is 9.80 Å². The van der Waals surface area contributed by atoms with Gasteiger partial charge in [-0.15, -0.1) is 0 Å². The molecule has 1 atom stereocenters. The van der Waals surface area contributed by atoms with E-state index in [1.54, 1.807) is 6.92 Å². The highest BCUT2D eigenvalue weighted by molar-refractivity contribution is 5.74. The lowest BCUT2D eigenvalue weighted by atomic mass is 9.78. The number of carbonyl (C=O) groups excluding carboxylic acids is 1. The van der Waals surface area contributed by atoms with Crippen LogP contribution in [0.5, 0.6) is 0 Å². The second-order valence-corrected chi connectivity index (χ2v) is 10.3. The molecule has 1 aliphatic carbocycles. The van der Waals surface area contributed by atoms with E-state index in [0.29, 0.717) is 0 Å². The largest absolute Gasteiger partial charge is 0.336 e. The Morgan fingerprint density at radius 3 is 2.33 bits per heavy atom. The molecule has 0 radical (unpaired) electrons. The zero-order valence-corrected chi connectivity index (χ0v) is 19.1. The van der Waals surface area contributed by atoms with E-state index in [4.69, 9.17) is 0 Å². The van der Waals surface area contributed by atoms with E-state index in [1.807, 2.05) is 0 Å². The molecule has 0 unspecified atom stereocenters. The molecular weight excluding hydrogens is 332 g/mol. The van der Waals surface area contributed by atoms with Crippen LogP contribution in [0.25, 0.3) is 0 Å². The molecule has 0 N–H and O–H groups in total. The fraction of sp³-hybridized carbons (Fsp3) is 0.708. The Morgan fingerprint density at radius 1 is 1.19 bits per heavy atom. The predicted octanol–water partition coefficient (Wildman–Crippen LogP) is 5.07. The molecule has 0 bridgehead atoms. The SMILES string of the molecule is CC(=O)N(CCCN(C)C)[C@@H](C)c1cc(C(C)(C)C)cc2c1CCC2(C)C. The number of hydrogen-bond donors (Lipinski definition) is 0. The Labute approximate surface area is 167 Å². The smallest absolute Gasteiger partial charge is 0.219 e. The van der Waals surface area contributed by atoms with Gasteiger partial charge in [-0.1, -0.05) is 46.8 Å². The van der Waals surface area contributed by atoms with E-state index in [-0.39, 0.29) is 22.8 Å². The summed E-state index contributed by atoms with van der Waals surface area (Å²) < 4.78 is 0. The normalized spacial score (nSPS) is 17.1. The Balaban J connectivity index is 2.46. The first-order valence-electron chi connectivity index (χ1n) is 10.4. The molecule has 0 aromatic heterocycles. The lowest BCUT2D eigenvalue weighted by molar-refractivity contribution is -0.131. The summed E-state index contributed by atoms with van der Waals surface area (Å²) in [6.45, 7) is 17.3. The van der Waals surface area contributed by atoms with Crippen molar-refractivity contribution < 1.29 is 4.79 Å². The molecule has 1 aromatic rings. The topological polar surface area (TPSA) is 23.6 Å². The molecule has 0 fully saturated rings. The molecule has 1 amide bonds. The highest BCUT2D eigenvalue weighted by atomic mass is 16.2. The van der Waals surface area contributed by atoms with Crippen LogP contribution < -0.4 is 0 Å². The van der Waals surface area contributed by atoms with Gasteiger partial charge < -0.3 is 9.80 Å². The summed E-state index contributed by atoms with van der Waals surface area (Å²) in [5.41, 5.74) is 6.05. The van der Waals surface area contributed by atoms with Gasteiger partial charge in [0, 0.05) is 13.5 Å². The third kappa shape index (κ3) is 4.93. The molecule has 3 heteroatoms. The minimum absolute atomic E-state index is 0.105. The van der Waals surface area contributed by atoms with Crippen molar-refractivity contribution in [2.45, 2.75) is 84.6 Å². The maximum absolute atomic E-state index is 12.5. The van der Waals surface area contributed by atoms with Crippen LogP contribution in [-0.2, 0) is 22.0 Å². The van der Waals surface area contributed by atoms with Crippen LogP contribution in [0.3, 0.4) is 0 Å². The Bertz CT molecular complexity index is 682. The summed E-state index contributed by atoms with van der Waals surface area (Å²) in [5, 5.41) is 0. The monoisotopic (exact) mass is 372 g/mol. The van der Waals surface area contributed by atoms with Crippen LogP contribution in [0.15, 0.2) is 12.1 Å². The molecular formula is C24H40N2O. The number of benzene rings is 1. The van der Waals surface area contributed by atoms with Gasteiger partial charge in [0.2, 0.25) is 5.91 Å². The Morgan fingerprint density at radius 2 is 1.81 bits per heavy atom. The lowest BCUT2D eigenvalue weighted by Crippen LogP contribution is -2.34. The third-order valence-corrected chi connectivity index (χ3v) is 6.21. The predicted molar refractivity (Wildman–Crippen MR) is 115 cm³/mol. The second kappa shape index (κ2) is 7.95. The molecule has 3 nitrogen and oxygen atoms in total. The summed E-state index contributed by atoms with van der Waals surface area (Å²) in [4.78, 5) is 16.7. The van der Waals surface area contributed by atoms with Crippen molar-refractivity contribution in [3.8, 4) is 0 Å². The maximum Gasteiger partial charge on any atom is 0.219 e. The summed E-state index contributed by atoms with van der Waals surface area (Å²) >= 11 is 0. The van der Waals surface area contributed by atoms with Crippen molar-refractivity contribution in [1.29, 1.82) is 0 Å². The van der Waals surface area contributed by atoms with Crippen LogP contribution in [0, 0.1) is 0 Å². The first-order valence-corrected chi connectivity index (χ1v) is 10.4. The van der Waals surface area contributed by atoms with Crippen molar-refractivity contribution in [3.05, 3.63) is 34.4 Å². The molecule has 152 valence electrons. The molecule has 0 spiro atoms. The number of amides is 1. The average molecular weight is 373 g/mol. The molecule has 1 aromatic carbocycles. The van der Waals surface area contributed by atoms with Crippen molar-refractivity contribution in [2.75, 3.05) is 27.2 Å². The Hall–Kier alpha value is -1.35. The highest BCUT2D eigenvalue weighted by Crippen LogP contribution is 2.44. The van der Waals surface area contributed by atoms with E-state index in [0.717, 1.165) is 25.9 Å². The van der Waals surface area contributed by atoms with Gasteiger partial charge in [0.25, 0.3) is 0 Å². The first kappa shape index (κ1) is 21.9. The van der Waals surface area contributed by atoms with Gasteiger partial charge in [-0.05, 0) is 79.9 Å². The molecule has 2 rings (SSSR count). The van der Waals surface area contributed by atoms with Gasteiger partial charge in [0.1, 0.15) is 0 Å². The van der Waals surface area contributed by atoms with E-state index in [9.17, 15) is 4.79 Å². The van der Waals surface area contributed by atoms with Gasteiger partial charge in [-0.25, -0.2) is 0 Å². The van der Waals surface area contributed by atoms with Crippen LogP contribution in [0.4, 0.5) is 0 Å². The number of nitrogens with zero attached hydrogens (tertiary/aromatic N) is 2. The standard InChI is InChI=1S/C24H40N2O/c1-17(26(18(2)27)14-10-13-25(8)9)21-15-19(23(3,4)5)16-22-20(21)11-12-24(22,6)7/h15-17H,10-14H2,1-9H3/t17-/m0/s1. The average Bonchev–Trinajstić information content (AvgIpc) is 2.84. The zero-order chi connectivity index (χ0) is 20.6. The fourth-order valence-corrected chi connectivity index (χ4v) is 4.30. The second-order valence-electron chi connectivity index (χ2n) is 10.3. The molecule has 27 heavy (non-hydrogen) atoms. The van der Waals surface area contributed by atoms with E-state index in [2.05, 4.69) is 77.6 Å². The van der Waals surface area contributed by atoms with Gasteiger partial charge in [-0.3, -0.25) is 4.79 Å². The molecule has 0 saturated carbocycles. The maximum atomic E-state index is 12.5. The van der Waals surface area contributed by atoms with Crippen molar-refractivity contribution in [3.63, 3.8) is 0 Å². The summed E-state index contributed by atoms with van der Waals surface area (Å²) in [6.07, 6.45) is 3.32.